The van der Waals surface area contributed by atoms with Gasteiger partial charge in [0.1, 0.15) is 6.42 Å². The molecule has 18 heavy (non-hydrogen) atoms. The minimum Gasteiger partial charge on any atom is -0.350 e. The van der Waals surface area contributed by atoms with E-state index in [2.05, 4.69) is 33.4 Å². The zero-order chi connectivity index (χ0) is 13.6. The molecule has 0 aromatic heterocycles. The molecule has 0 aliphatic rings. The first-order valence-electron chi connectivity index (χ1n) is 5.85. The third-order valence-corrected chi connectivity index (χ3v) is 3.14. The van der Waals surface area contributed by atoms with Gasteiger partial charge in [-0.3, -0.25) is 4.79 Å². The Labute approximate surface area is 116 Å². The van der Waals surface area contributed by atoms with Gasteiger partial charge in [-0.15, -0.1) is 0 Å². The van der Waals surface area contributed by atoms with Crippen molar-refractivity contribution in [2.75, 3.05) is 0 Å². The van der Waals surface area contributed by atoms with Crippen LogP contribution in [0.5, 0.6) is 0 Å². The molecule has 1 aromatic rings. The molecule has 1 rings (SSSR count). The molecule has 0 radical (unpaired) electrons. The van der Waals surface area contributed by atoms with Crippen LogP contribution in [-0.2, 0) is 11.2 Å². The fourth-order valence-electron chi connectivity index (χ4n) is 1.71. The van der Waals surface area contributed by atoms with Crippen molar-refractivity contribution >= 4 is 21.8 Å². The number of nitrogens with zero attached hydrogens (tertiary/aromatic N) is 1. The van der Waals surface area contributed by atoms with Crippen LogP contribution in [-0.4, -0.2) is 11.4 Å². The predicted octanol–water partition coefficient (Wildman–Crippen LogP) is 3.19. The SMILES string of the molecule is CC(C)(CCc1cccc(Br)c1)NC(=O)CC#N. The summed E-state index contributed by atoms with van der Waals surface area (Å²) in [5.74, 6) is -0.211. The Morgan fingerprint density at radius 2 is 2.22 bits per heavy atom. The average molecular weight is 309 g/mol. The van der Waals surface area contributed by atoms with Crippen LogP contribution < -0.4 is 5.32 Å². The summed E-state index contributed by atoms with van der Waals surface area (Å²) in [6.45, 7) is 3.94. The monoisotopic (exact) mass is 308 g/mol. The molecule has 96 valence electrons. The van der Waals surface area contributed by atoms with Crippen LogP contribution in [0.1, 0.15) is 32.3 Å². The Kier molecular flexibility index (Phi) is 5.36. The lowest BCUT2D eigenvalue weighted by Crippen LogP contribution is -2.43. The summed E-state index contributed by atoms with van der Waals surface area (Å²) in [4.78, 5) is 11.4. The standard InChI is InChI=1S/C14H17BrN2O/c1-14(2,17-13(18)7-9-16)8-6-11-4-3-5-12(15)10-11/h3-5,10H,6-8H2,1-2H3,(H,17,18). The second-order valence-corrected chi connectivity index (χ2v) is 5.81. The van der Waals surface area contributed by atoms with Gasteiger partial charge in [-0.1, -0.05) is 28.1 Å². The van der Waals surface area contributed by atoms with E-state index in [9.17, 15) is 4.79 Å². The lowest BCUT2D eigenvalue weighted by Gasteiger charge is -2.26. The molecule has 0 bridgehead atoms. The largest absolute Gasteiger partial charge is 0.350 e. The van der Waals surface area contributed by atoms with E-state index in [4.69, 9.17) is 5.26 Å². The minimum atomic E-state index is -0.295. The van der Waals surface area contributed by atoms with E-state index in [-0.39, 0.29) is 17.9 Å². The summed E-state index contributed by atoms with van der Waals surface area (Å²) in [6, 6.07) is 9.99. The van der Waals surface area contributed by atoms with Gasteiger partial charge in [-0.2, -0.15) is 5.26 Å². The molecule has 1 N–H and O–H groups in total. The Bertz CT molecular complexity index is 463. The molecule has 0 unspecified atom stereocenters. The lowest BCUT2D eigenvalue weighted by molar-refractivity contribution is -0.121. The summed E-state index contributed by atoms with van der Waals surface area (Å²) < 4.78 is 1.06. The van der Waals surface area contributed by atoms with Gasteiger partial charge in [0.2, 0.25) is 5.91 Å². The molecule has 0 saturated heterocycles. The number of nitriles is 1. The van der Waals surface area contributed by atoms with Gasteiger partial charge in [0, 0.05) is 10.0 Å². The second kappa shape index (κ2) is 6.55. The summed E-state index contributed by atoms with van der Waals surface area (Å²) in [5, 5.41) is 11.3. The molecule has 0 saturated carbocycles. The van der Waals surface area contributed by atoms with Crippen LogP contribution >= 0.6 is 15.9 Å². The van der Waals surface area contributed by atoms with Crippen molar-refractivity contribution in [3.8, 4) is 6.07 Å². The third kappa shape index (κ3) is 5.33. The highest BCUT2D eigenvalue weighted by atomic mass is 79.9. The molecular weight excluding hydrogens is 292 g/mol. The normalized spacial score (nSPS) is 10.8. The zero-order valence-corrected chi connectivity index (χ0v) is 12.3. The fourth-order valence-corrected chi connectivity index (χ4v) is 2.15. The van der Waals surface area contributed by atoms with Crippen molar-refractivity contribution < 1.29 is 4.79 Å². The minimum absolute atomic E-state index is 0.0830. The summed E-state index contributed by atoms with van der Waals surface area (Å²) in [6.07, 6.45) is 1.64. The van der Waals surface area contributed by atoms with Crippen LogP contribution in [0.25, 0.3) is 0 Å². The van der Waals surface area contributed by atoms with E-state index < -0.39 is 0 Å². The zero-order valence-electron chi connectivity index (χ0n) is 10.7. The number of nitrogens with one attached hydrogen (secondary N) is 1. The van der Waals surface area contributed by atoms with E-state index >= 15 is 0 Å². The number of aryl methyl sites for hydroxylation is 1. The maximum absolute atomic E-state index is 11.4. The highest BCUT2D eigenvalue weighted by Gasteiger charge is 2.19. The number of amides is 1. The number of carbonyl (C=O) groups is 1. The molecular formula is C14H17BrN2O. The first-order valence-corrected chi connectivity index (χ1v) is 6.65. The van der Waals surface area contributed by atoms with Gasteiger partial charge in [0.25, 0.3) is 0 Å². The van der Waals surface area contributed by atoms with E-state index in [1.165, 1.54) is 5.56 Å². The second-order valence-electron chi connectivity index (χ2n) is 4.90. The highest BCUT2D eigenvalue weighted by Crippen LogP contribution is 2.17. The highest BCUT2D eigenvalue weighted by molar-refractivity contribution is 9.10. The van der Waals surface area contributed by atoms with E-state index in [1.54, 1.807) is 0 Å². The molecule has 0 atom stereocenters. The van der Waals surface area contributed by atoms with Gasteiger partial charge in [-0.05, 0) is 44.4 Å². The smallest absolute Gasteiger partial charge is 0.234 e. The first-order chi connectivity index (χ1) is 8.43. The number of hydrogen-bond acceptors (Lipinski definition) is 2. The van der Waals surface area contributed by atoms with Gasteiger partial charge in [0.05, 0.1) is 6.07 Å². The molecule has 0 aliphatic heterocycles. The topological polar surface area (TPSA) is 52.9 Å². The van der Waals surface area contributed by atoms with Crippen molar-refractivity contribution in [3.63, 3.8) is 0 Å². The number of benzene rings is 1. The number of halogens is 1. The first kappa shape index (κ1) is 14.7. The van der Waals surface area contributed by atoms with Crippen LogP contribution in [0.3, 0.4) is 0 Å². The van der Waals surface area contributed by atoms with Crippen LogP contribution in [0.15, 0.2) is 28.7 Å². The van der Waals surface area contributed by atoms with E-state index in [0.717, 1.165) is 17.3 Å². The van der Waals surface area contributed by atoms with Gasteiger partial charge in [-0.25, -0.2) is 0 Å². The van der Waals surface area contributed by atoms with Crippen molar-refractivity contribution in [1.29, 1.82) is 5.26 Å². The number of rotatable bonds is 5. The number of hydrogen-bond donors (Lipinski definition) is 1. The summed E-state index contributed by atoms with van der Waals surface area (Å²) >= 11 is 3.44. The van der Waals surface area contributed by atoms with Crippen LogP contribution in [0.4, 0.5) is 0 Å². The van der Waals surface area contributed by atoms with Crippen molar-refractivity contribution in [1.82, 2.24) is 5.32 Å². The fraction of sp³-hybridized carbons (Fsp3) is 0.429. The van der Waals surface area contributed by atoms with Crippen LogP contribution in [0, 0.1) is 11.3 Å². The molecule has 0 spiro atoms. The Morgan fingerprint density at radius 3 is 2.83 bits per heavy atom. The van der Waals surface area contributed by atoms with Gasteiger partial charge in [0.15, 0.2) is 0 Å². The predicted molar refractivity (Wildman–Crippen MR) is 74.9 cm³/mol. The number of carbonyl (C=O) groups excluding carboxylic acids is 1. The van der Waals surface area contributed by atoms with Crippen molar-refractivity contribution in [3.05, 3.63) is 34.3 Å². The molecule has 3 nitrogen and oxygen atoms in total. The molecule has 0 aliphatic carbocycles. The van der Waals surface area contributed by atoms with Crippen molar-refractivity contribution in [2.24, 2.45) is 0 Å². The average Bonchev–Trinajstić information content (AvgIpc) is 2.26. The molecule has 0 heterocycles. The van der Waals surface area contributed by atoms with E-state index in [1.807, 2.05) is 32.0 Å². The third-order valence-electron chi connectivity index (χ3n) is 2.65. The Morgan fingerprint density at radius 1 is 1.50 bits per heavy atom. The Hall–Kier alpha value is -1.34. The maximum Gasteiger partial charge on any atom is 0.234 e. The maximum atomic E-state index is 11.4. The summed E-state index contributed by atoms with van der Waals surface area (Å²) in [5.41, 5.74) is 0.933. The van der Waals surface area contributed by atoms with Gasteiger partial charge >= 0.3 is 0 Å². The van der Waals surface area contributed by atoms with Crippen LogP contribution in [0.2, 0.25) is 0 Å². The quantitative estimate of drug-likeness (QED) is 0.908. The lowest BCUT2D eigenvalue weighted by atomic mass is 9.95. The molecule has 1 amide bonds. The molecule has 0 fully saturated rings. The molecule has 4 heteroatoms. The Balaban J connectivity index is 2.51. The van der Waals surface area contributed by atoms with Crippen molar-refractivity contribution in [2.45, 2.75) is 38.6 Å². The van der Waals surface area contributed by atoms with E-state index in [0.29, 0.717) is 0 Å². The summed E-state index contributed by atoms with van der Waals surface area (Å²) in [7, 11) is 0. The van der Waals surface area contributed by atoms with Gasteiger partial charge < -0.3 is 5.32 Å². The molecule has 1 aromatic carbocycles.